The lowest BCUT2D eigenvalue weighted by molar-refractivity contribution is 0.793. The zero-order chi connectivity index (χ0) is 33.5. The van der Waals surface area contributed by atoms with E-state index in [-0.39, 0.29) is 0 Å². The Morgan fingerprint density at radius 3 is 1.59 bits per heavy atom. The van der Waals surface area contributed by atoms with Crippen LogP contribution in [0.4, 0.5) is 17.1 Å². The van der Waals surface area contributed by atoms with Gasteiger partial charge in [0.05, 0.1) is 11.1 Å². The second-order valence-electron chi connectivity index (χ2n) is 13.6. The molecular formula is C49H31NS. The molecule has 238 valence electrons. The fraction of sp³-hybridized carbons (Fsp3) is 0.0204. The summed E-state index contributed by atoms with van der Waals surface area (Å²) in [6, 6.07) is 69.6. The Labute approximate surface area is 301 Å². The Kier molecular flexibility index (Phi) is 6.11. The molecule has 51 heavy (non-hydrogen) atoms. The zero-order valence-electron chi connectivity index (χ0n) is 27.8. The van der Waals surface area contributed by atoms with E-state index >= 15 is 0 Å². The lowest BCUT2D eigenvalue weighted by Crippen LogP contribution is -2.26. The third-order valence-corrected chi connectivity index (χ3v) is 12.3. The second-order valence-corrected chi connectivity index (χ2v) is 14.6. The SMILES string of the molecule is c1ccc(N(c2ccc3c(c2)C2(c4ccccc4-c4ccccc42)c2ccccc2-3)c2ccccc2-c2cccc3c2sc2ccccc23)cc1. The molecule has 1 heterocycles. The molecule has 0 unspecified atom stereocenters. The van der Waals surface area contributed by atoms with Gasteiger partial charge in [-0.3, -0.25) is 0 Å². The van der Waals surface area contributed by atoms with E-state index in [1.165, 1.54) is 75.8 Å². The van der Waals surface area contributed by atoms with Gasteiger partial charge in [-0.2, -0.15) is 0 Å². The summed E-state index contributed by atoms with van der Waals surface area (Å²) in [5.74, 6) is 0. The third kappa shape index (κ3) is 3.91. The summed E-state index contributed by atoms with van der Waals surface area (Å²) < 4.78 is 2.64. The van der Waals surface area contributed by atoms with Crippen LogP contribution in [0.25, 0.3) is 53.6 Å². The predicted octanol–water partition coefficient (Wildman–Crippen LogP) is 13.5. The van der Waals surface area contributed by atoms with Gasteiger partial charge < -0.3 is 4.90 Å². The molecule has 9 aromatic rings. The summed E-state index contributed by atoms with van der Waals surface area (Å²) >= 11 is 1.89. The lowest BCUT2D eigenvalue weighted by atomic mass is 9.70. The maximum atomic E-state index is 2.48. The van der Waals surface area contributed by atoms with E-state index in [9.17, 15) is 0 Å². The van der Waals surface area contributed by atoms with E-state index in [4.69, 9.17) is 0 Å². The number of para-hydroxylation sites is 2. The molecule has 0 fully saturated rings. The minimum absolute atomic E-state index is 0.403. The van der Waals surface area contributed by atoms with Gasteiger partial charge in [0.25, 0.3) is 0 Å². The summed E-state index contributed by atoms with van der Waals surface area (Å²) in [6.07, 6.45) is 0. The van der Waals surface area contributed by atoms with Gasteiger partial charge in [-0.05, 0) is 80.9 Å². The average molecular weight is 666 g/mol. The number of thiophene rings is 1. The Morgan fingerprint density at radius 2 is 0.882 bits per heavy atom. The van der Waals surface area contributed by atoms with Crippen molar-refractivity contribution >= 4 is 48.6 Å². The van der Waals surface area contributed by atoms with Crippen molar-refractivity contribution < 1.29 is 0 Å². The third-order valence-electron chi connectivity index (χ3n) is 11.1. The molecule has 1 aromatic heterocycles. The van der Waals surface area contributed by atoms with Crippen LogP contribution < -0.4 is 4.90 Å². The number of anilines is 3. The Balaban J connectivity index is 1.19. The summed E-state index contributed by atoms with van der Waals surface area (Å²) in [7, 11) is 0. The summed E-state index contributed by atoms with van der Waals surface area (Å²) in [6.45, 7) is 0. The second kappa shape index (κ2) is 10.9. The predicted molar refractivity (Wildman–Crippen MR) is 216 cm³/mol. The Bertz CT molecular complexity index is 2760. The highest BCUT2D eigenvalue weighted by molar-refractivity contribution is 7.26. The summed E-state index contributed by atoms with van der Waals surface area (Å²) in [5.41, 5.74) is 16.2. The topological polar surface area (TPSA) is 3.24 Å². The minimum atomic E-state index is -0.403. The number of rotatable bonds is 4. The molecule has 1 spiro atoms. The first-order chi connectivity index (χ1) is 25.3. The molecule has 8 aromatic carbocycles. The normalized spacial score (nSPS) is 13.3. The molecule has 0 saturated heterocycles. The van der Waals surface area contributed by atoms with Crippen molar-refractivity contribution in [1.82, 2.24) is 0 Å². The van der Waals surface area contributed by atoms with E-state index in [2.05, 4.69) is 193 Å². The fourth-order valence-corrected chi connectivity index (χ4v) is 10.3. The van der Waals surface area contributed by atoms with E-state index in [0.717, 1.165) is 17.1 Å². The molecule has 2 aliphatic rings. The van der Waals surface area contributed by atoms with Crippen LogP contribution in [-0.4, -0.2) is 0 Å². The van der Waals surface area contributed by atoms with Gasteiger partial charge >= 0.3 is 0 Å². The molecule has 0 aliphatic heterocycles. The summed E-state index contributed by atoms with van der Waals surface area (Å²) in [4.78, 5) is 2.46. The highest BCUT2D eigenvalue weighted by Gasteiger charge is 2.51. The van der Waals surface area contributed by atoms with Crippen molar-refractivity contribution in [2.75, 3.05) is 4.90 Å². The first kappa shape index (κ1) is 28.6. The van der Waals surface area contributed by atoms with Gasteiger partial charge in [-0.15, -0.1) is 11.3 Å². The molecule has 0 amide bonds. The number of benzene rings is 8. The van der Waals surface area contributed by atoms with Crippen LogP contribution in [0.15, 0.2) is 188 Å². The van der Waals surface area contributed by atoms with Crippen LogP contribution in [-0.2, 0) is 5.41 Å². The van der Waals surface area contributed by atoms with Crippen LogP contribution >= 0.6 is 11.3 Å². The van der Waals surface area contributed by atoms with Gasteiger partial charge in [0, 0.05) is 42.7 Å². The van der Waals surface area contributed by atoms with Crippen molar-refractivity contribution in [3.05, 3.63) is 210 Å². The van der Waals surface area contributed by atoms with Crippen LogP contribution in [0.3, 0.4) is 0 Å². The maximum absolute atomic E-state index is 2.48. The summed E-state index contributed by atoms with van der Waals surface area (Å²) in [5, 5.41) is 2.63. The molecule has 0 atom stereocenters. The molecule has 2 aliphatic carbocycles. The smallest absolute Gasteiger partial charge is 0.0726 e. The van der Waals surface area contributed by atoms with Crippen molar-refractivity contribution in [3.8, 4) is 33.4 Å². The number of hydrogen-bond acceptors (Lipinski definition) is 2. The van der Waals surface area contributed by atoms with Crippen molar-refractivity contribution in [2.45, 2.75) is 5.41 Å². The van der Waals surface area contributed by atoms with E-state index in [0.29, 0.717) is 0 Å². The molecule has 0 radical (unpaired) electrons. The van der Waals surface area contributed by atoms with Crippen molar-refractivity contribution in [1.29, 1.82) is 0 Å². The van der Waals surface area contributed by atoms with Crippen molar-refractivity contribution in [3.63, 3.8) is 0 Å². The molecular weight excluding hydrogens is 635 g/mol. The molecule has 11 rings (SSSR count). The molecule has 0 bridgehead atoms. The number of nitrogens with zero attached hydrogens (tertiary/aromatic N) is 1. The van der Waals surface area contributed by atoms with E-state index < -0.39 is 5.41 Å². The molecule has 2 heteroatoms. The first-order valence-corrected chi connectivity index (χ1v) is 18.4. The zero-order valence-corrected chi connectivity index (χ0v) is 28.6. The van der Waals surface area contributed by atoms with Crippen molar-refractivity contribution in [2.24, 2.45) is 0 Å². The van der Waals surface area contributed by atoms with Gasteiger partial charge in [0.15, 0.2) is 0 Å². The van der Waals surface area contributed by atoms with E-state index in [1.54, 1.807) is 0 Å². The van der Waals surface area contributed by atoms with Crippen LogP contribution in [0.5, 0.6) is 0 Å². The molecule has 1 nitrogen and oxygen atoms in total. The monoisotopic (exact) mass is 665 g/mol. The number of fused-ring (bicyclic) bond motifs is 13. The molecule has 0 saturated carbocycles. The van der Waals surface area contributed by atoms with Gasteiger partial charge in [0.1, 0.15) is 0 Å². The highest BCUT2D eigenvalue weighted by atomic mass is 32.1. The standard InChI is InChI=1S/C49H31NS/c1-2-15-32(16-3-1)50(46-27-12-7-20-38(46)40-22-14-23-41-39-21-8-13-28-47(39)51-48(40)41)33-29-30-37-36-19-6-11-26-44(36)49(45(37)31-33)42-24-9-4-17-34(42)35-18-5-10-25-43(35)49/h1-31H. The fourth-order valence-electron chi connectivity index (χ4n) is 9.08. The molecule has 0 N–H and O–H groups in total. The number of hydrogen-bond donors (Lipinski definition) is 0. The minimum Gasteiger partial charge on any atom is -0.310 e. The van der Waals surface area contributed by atoms with Gasteiger partial charge in [0.2, 0.25) is 0 Å². The van der Waals surface area contributed by atoms with Gasteiger partial charge in [-0.1, -0.05) is 152 Å². The quantitative estimate of drug-likeness (QED) is 0.181. The Morgan fingerprint density at radius 1 is 0.353 bits per heavy atom. The largest absolute Gasteiger partial charge is 0.310 e. The van der Waals surface area contributed by atoms with Crippen LogP contribution in [0.2, 0.25) is 0 Å². The Hall–Kier alpha value is -6.22. The van der Waals surface area contributed by atoms with Gasteiger partial charge in [-0.25, -0.2) is 0 Å². The van der Waals surface area contributed by atoms with E-state index in [1.807, 2.05) is 11.3 Å². The maximum Gasteiger partial charge on any atom is 0.0726 e. The van der Waals surface area contributed by atoms with Crippen LogP contribution in [0.1, 0.15) is 22.3 Å². The first-order valence-electron chi connectivity index (χ1n) is 17.6. The average Bonchev–Trinajstić information content (AvgIpc) is 3.83. The highest BCUT2D eigenvalue weighted by Crippen LogP contribution is 2.63. The lowest BCUT2D eigenvalue weighted by Gasteiger charge is -2.32. The van der Waals surface area contributed by atoms with Crippen LogP contribution in [0, 0.1) is 0 Å².